The zero-order valence-corrected chi connectivity index (χ0v) is 67.8. The van der Waals surface area contributed by atoms with Gasteiger partial charge in [-0.05, 0) is 101 Å². The molecule has 39 nitrogen and oxygen atoms in total. The number of primary amides is 1. The number of carboxylic acids is 2. The first-order valence-corrected chi connectivity index (χ1v) is 40.8. The Hall–Kier alpha value is -11.6. The van der Waals surface area contributed by atoms with Crippen molar-refractivity contribution in [3.05, 3.63) is 144 Å². The number of hydrogen-bond donors (Lipinski definition) is 23. The Kier molecular flexibility index (Phi) is 41.9. The molecule has 1 aromatic heterocycles. The average molecular weight is 1700 g/mol. The van der Waals surface area contributed by atoms with Crippen molar-refractivity contribution < 1.29 is 102 Å². The molecule has 5 aromatic rings. The topological polar surface area (TPSA) is 651 Å². The van der Waals surface area contributed by atoms with E-state index in [9.17, 15) is 78.0 Å². The minimum absolute atomic E-state index is 0.104. The Morgan fingerprint density at radius 2 is 0.840 bits per heavy atom. The van der Waals surface area contributed by atoms with E-state index in [0.717, 1.165) is 42.4 Å². The molecule has 41 heteroatoms. The molecule has 648 valence electrons. The second-order valence-corrected chi connectivity index (χ2v) is 30.7. The number of fused-ring (bicyclic) bond motifs is 1. The Labute approximate surface area is 693 Å². The van der Waals surface area contributed by atoms with Gasteiger partial charge in [-0.1, -0.05) is 131 Å². The van der Waals surface area contributed by atoms with Gasteiger partial charge in [0.25, 0.3) is 5.97 Å². The minimum atomic E-state index is -1.99. The number of aliphatic hydroxyl groups excluding tert-OH is 3. The number of unbranched alkanes of at least 4 members (excludes halogenated alkanes) is 2. The van der Waals surface area contributed by atoms with Crippen LogP contribution in [0.5, 0.6) is 0 Å². The average Bonchev–Trinajstić information content (AvgIpc) is 1.67. The first-order valence-electron chi connectivity index (χ1n) is 38.3. The zero-order valence-electron chi connectivity index (χ0n) is 66.1. The normalized spacial score (nSPS) is 23.2. The maximum Gasteiger partial charge on any atom is 0.327 e. The first-order chi connectivity index (χ1) is 56.6. The minimum Gasteiger partial charge on any atom is -0.481 e. The number of aromatic amines is 1. The molecule has 27 N–H and O–H groups in total. The van der Waals surface area contributed by atoms with Gasteiger partial charge in [0.1, 0.15) is 72.5 Å². The van der Waals surface area contributed by atoms with Crippen molar-refractivity contribution in [2.24, 2.45) is 22.9 Å². The van der Waals surface area contributed by atoms with Crippen LogP contribution in [0.3, 0.4) is 0 Å². The number of carbonyl (C=O) groups excluding carboxylic acids is 14. The van der Waals surface area contributed by atoms with E-state index < -0.39 is 216 Å². The van der Waals surface area contributed by atoms with Gasteiger partial charge in [0.05, 0.1) is 37.8 Å². The molecule has 4 aromatic carbocycles. The first kappa shape index (κ1) is 98.0. The smallest absolute Gasteiger partial charge is 0.327 e. The predicted octanol–water partition coefficient (Wildman–Crippen LogP) is -4.82. The van der Waals surface area contributed by atoms with E-state index in [1.165, 1.54) is 6.92 Å². The molecule has 1 saturated heterocycles. The number of aromatic nitrogens is 1. The molecule has 0 bridgehead atoms. The molecule has 1 aliphatic heterocycles. The van der Waals surface area contributed by atoms with Crippen molar-refractivity contribution in [3.63, 3.8) is 0 Å². The Bertz CT molecular complexity index is 4240. The van der Waals surface area contributed by atoms with Gasteiger partial charge in [-0.3, -0.25) is 71.9 Å². The van der Waals surface area contributed by atoms with Crippen molar-refractivity contribution in [1.82, 2.24) is 74.1 Å². The number of amides is 14. The number of H-pyrrole nitrogens is 1. The Balaban J connectivity index is 0.00000616. The summed E-state index contributed by atoms with van der Waals surface area (Å²) in [5.74, 6) is -18.6. The number of carboxylic acid groups (broad SMARTS) is 2. The fraction of sp³-hybridized carbons (Fsp3) is 0.462. The van der Waals surface area contributed by atoms with Crippen molar-refractivity contribution in [1.29, 1.82) is 0 Å². The van der Waals surface area contributed by atoms with Gasteiger partial charge in [-0.2, -0.15) is 0 Å². The van der Waals surface area contributed by atoms with E-state index in [1.807, 2.05) is 0 Å². The molecule has 1 fully saturated rings. The molecule has 14 amide bonds. The fourth-order valence-electron chi connectivity index (χ4n) is 11.9. The predicted molar refractivity (Wildman–Crippen MR) is 438 cm³/mol. The van der Waals surface area contributed by atoms with Crippen LogP contribution in [0.25, 0.3) is 10.9 Å². The maximum absolute atomic E-state index is 15.4. The zero-order chi connectivity index (χ0) is 87.8. The molecule has 15 atom stereocenters. The van der Waals surface area contributed by atoms with Crippen LogP contribution >= 0.6 is 21.6 Å². The number of carbonyl (C=O) groups is 16. The number of para-hydroxylation sites is 1. The summed E-state index contributed by atoms with van der Waals surface area (Å²) >= 11 is 0. The van der Waals surface area contributed by atoms with E-state index in [0.29, 0.717) is 39.6 Å². The highest BCUT2D eigenvalue weighted by molar-refractivity contribution is 8.76. The Morgan fingerprint density at radius 1 is 0.471 bits per heavy atom. The second kappa shape index (κ2) is 50.9. The van der Waals surface area contributed by atoms with Crippen molar-refractivity contribution >= 4 is 127 Å². The third-order valence-electron chi connectivity index (χ3n) is 18.3. The molecule has 0 aliphatic carbocycles. The second-order valence-electron chi connectivity index (χ2n) is 28.1. The molecule has 1 aliphatic rings. The lowest BCUT2D eigenvalue weighted by Crippen LogP contribution is -2.63. The summed E-state index contributed by atoms with van der Waals surface area (Å²) in [4.78, 5) is 226. The highest BCUT2D eigenvalue weighted by Gasteiger charge is 2.40. The van der Waals surface area contributed by atoms with E-state index in [2.05, 4.69) is 74.1 Å². The van der Waals surface area contributed by atoms with Crippen molar-refractivity contribution in [3.8, 4) is 0 Å². The van der Waals surface area contributed by atoms with Crippen LogP contribution in [-0.2, 0) is 102 Å². The number of benzene rings is 4. The number of rotatable bonds is 26. The van der Waals surface area contributed by atoms with Crippen molar-refractivity contribution in [2.75, 3.05) is 37.7 Å². The molecule has 0 spiro atoms. The lowest BCUT2D eigenvalue weighted by molar-refractivity contribution is -0.142. The van der Waals surface area contributed by atoms with E-state index in [-0.39, 0.29) is 70.9 Å². The standard InChI is InChI=1S/C76H104N18O19S2.C2H4O2/c1-41(79)64(100)82-37-61(99)83-58-39-114-115-40-59(76(112)113)92-72(108)57(38-95)91-75(111)63(43(3)97)94-71(107)54(33-46-23-11-6-12-24-46)90-74(110)62(42(2)96)93-66(102)51(28-16-18-30-78)84-69(105)55(34-47-36-81-49-26-14-13-25-48(47)49)88-68(104)53(32-45-21-9-5-10-22-45)86-67(103)52(31-44-19-7-4-8-20-44)87-70(106)56(35-60(80)98)89-65(101)50(85-73(58)109)27-15-17-29-77;1-2(3)4/h4-14,19-26,36,41-43,50-59,62-63,81,95-97H,15-18,27-35,37-40,77-79H2,1-3H3,(H2,80,98)(H,82,100)(H,83,99)(H,84,105)(H,85,109)(H,86,103)(H,87,106)(H,88,104)(H,89,101)(H,90,110)(H,91,111)(H,92,108)(H,93,102)(H,94,107)(H,112,113);1H3,(H,3,4). The molecular weight excluding hydrogens is 1590 g/mol. The summed E-state index contributed by atoms with van der Waals surface area (Å²) in [6, 6.07) is 9.57. The number of hydrogen-bond acceptors (Lipinski definition) is 24. The third-order valence-corrected chi connectivity index (χ3v) is 20.7. The summed E-state index contributed by atoms with van der Waals surface area (Å²) in [5.41, 5.74) is 25.6. The van der Waals surface area contributed by atoms with Crippen LogP contribution < -0.4 is 92.1 Å². The largest absolute Gasteiger partial charge is 0.481 e. The number of aliphatic carboxylic acids is 2. The van der Waals surface area contributed by atoms with Gasteiger partial charge in [0.15, 0.2) is 0 Å². The van der Waals surface area contributed by atoms with Gasteiger partial charge < -0.3 is 123 Å². The summed E-state index contributed by atoms with van der Waals surface area (Å²) in [6.45, 7) is 2.96. The summed E-state index contributed by atoms with van der Waals surface area (Å²) < 4.78 is 0. The van der Waals surface area contributed by atoms with Crippen LogP contribution in [-0.4, -0.2) is 254 Å². The van der Waals surface area contributed by atoms with Crippen LogP contribution in [0, 0.1) is 0 Å². The summed E-state index contributed by atoms with van der Waals surface area (Å²) in [5, 5.41) is 83.5. The molecule has 2 heterocycles. The fourth-order valence-corrected chi connectivity index (χ4v) is 14.3. The van der Waals surface area contributed by atoms with E-state index >= 15 is 14.4 Å². The van der Waals surface area contributed by atoms with Gasteiger partial charge in [0, 0.05) is 61.2 Å². The molecule has 0 saturated carbocycles. The number of nitrogens with one attached hydrogen (secondary N) is 14. The Morgan fingerprint density at radius 3 is 1.28 bits per heavy atom. The number of aliphatic hydroxyl groups is 3. The van der Waals surface area contributed by atoms with Gasteiger partial charge in [0.2, 0.25) is 82.7 Å². The van der Waals surface area contributed by atoms with E-state index in [4.69, 9.17) is 32.8 Å². The highest BCUT2D eigenvalue weighted by atomic mass is 33.1. The van der Waals surface area contributed by atoms with Crippen LogP contribution in [0.2, 0.25) is 0 Å². The molecule has 15 unspecified atom stereocenters. The van der Waals surface area contributed by atoms with Crippen molar-refractivity contribution in [2.45, 2.75) is 189 Å². The van der Waals surface area contributed by atoms with Gasteiger partial charge >= 0.3 is 5.97 Å². The molecule has 0 radical (unpaired) electrons. The lowest BCUT2D eigenvalue weighted by Gasteiger charge is -2.29. The lowest BCUT2D eigenvalue weighted by atomic mass is 10.00. The van der Waals surface area contributed by atoms with E-state index in [1.54, 1.807) is 121 Å². The highest BCUT2D eigenvalue weighted by Crippen LogP contribution is 2.25. The maximum atomic E-state index is 15.4. The number of nitrogens with two attached hydrogens (primary N) is 4. The van der Waals surface area contributed by atoms with Crippen LogP contribution in [0.1, 0.15) is 94.9 Å². The van der Waals surface area contributed by atoms with Crippen LogP contribution in [0.4, 0.5) is 0 Å². The quantitative estimate of drug-likeness (QED) is 0.0182. The van der Waals surface area contributed by atoms with Gasteiger partial charge in [-0.15, -0.1) is 0 Å². The molecule has 119 heavy (non-hydrogen) atoms. The summed E-state index contributed by atoms with van der Waals surface area (Å²) in [7, 11) is 1.49. The SMILES string of the molecule is CC(=O)O.CC(N)C(=O)NCC(=O)NC1CSSCC(C(=O)O)NC(=O)C(CO)NC(=O)C(C(C)O)NC(=O)C(Cc2ccccc2)NC(=O)C(C(C)O)NC(=O)C(CCCCN)NC(=O)C(Cc2c[nH]c3ccccc23)NC(=O)C(Cc2ccccc2)NC(=O)C(Cc2ccccc2)NC(=O)C(CC(N)=O)NC(=O)C(CCCCN)NC1=O. The molecule has 6 rings (SSSR count). The van der Waals surface area contributed by atoms with Crippen LogP contribution in [0.15, 0.2) is 121 Å². The molecular formula is C78H108N18O21S2. The third kappa shape index (κ3) is 34.1. The monoisotopic (exact) mass is 1700 g/mol. The summed E-state index contributed by atoms with van der Waals surface area (Å²) in [6.07, 6.45) is -3.48. The van der Waals surface area contributed by atoms with Gasteiger partial charge in [-0.25, -0.2) is 4.79 Å².